The van der Waals surface area contributed by atoms with Crippen LogP contribution in [0.5, 0.6) is 0 Å². The van der Waals surface area contributed by atoms with Crippen molar-refractivity contribution in [3.63, 3.8) is 0 Å². The number of nitriles is 1. The van der Waals surface area contributed by atoms with Crippen LogP contribution in [0.2, 0.25) is 0 Å². The van der Waals surface area contributed by atoms with Gasteiger partial charge in [0.1, 0.15) is 11.6 Å². The molecule has 9 heteroatoms. The lowest BCUT2D eigenvalue weighted by Crippen LogP contribution is -2.11. The highest BCUT2D eigenvalue weighted by molar-refractivity contribution is 6.11. The van der Waals surface area contributed by atoms with Gasteiger partial charge >= 0.3 is 12.4 Å². The van der Waals surface area contributed by atoms with Gasteiger partial charge in [-0.3, -0.25) is 0 Å². The molecule has 0 N–H and O–H groups in total. The Hall–Kier alpha value is -6.01. The molecule has 0 aliphatic carbocycles. The molecule has 0 fully saturated rings. The van der Waals surface area contributed by atoms with Crippen LogP contribution in [0.3, 0.4) is 0 Å². The summed E-state index contributed by atoms with van der Waals surface area (Å²) in [7, 11) is 0. The first-order valence-electron chi connectivity index (χ1n) is 14.9. The first-order chi connectivity index (χ1) is 23.0. The molecule has 2 aromatic heterocycles. The van der Waals surface area contributed by atoms with Gasteiger partial charge in [-0.05, 0) is 65.7 Å². The van der Waals surface area contributed by atoms with Crippen molar-refractivity contribution in [2.45, 2.75) is 12.4 Å². The minimum Gasteiger partial charge on any atom is -0.308 e. The quantitative estimate of drug-likeness (QED) is 0.176. The molecular weight excluding hydrogens is 624 g/mol. The summed E-state index contributed by atoms with van der Waals surface area (Å²) in [6.07, 6.45) is -10.1. The molecule has 0 aliphatic heterocycles. The number of aromatic nitrogens is 2. The number of alkyl halides is 6. The van der Waals surface area contributed by atoms with E-state index >= 15 is 0 Å². The second-order valence-corrected chi connectivity index (χ2v) is 11.5. The van der Waals surface area contributed by atoms with Gasteiger partial charge in [-0.15, -0.1) is 0 Å². The molecule has 0 spiro atoms. The Morgan fingerprint density at radius 2 is 0.750 bits per heavy atom. The summed E-state index contributed by atoms with van der Waals surface area (Å²) in [4.78, 5) is 0. The number of nitrogens with zero attached hydrogens (tertiary/aromatic N) is 3. The van der Waals surface area contributed by atoms with Crippen LogP contribution < -0.4 is 0 Å². The summed E-state index contributed by atoms with van der Waals surface area (Å²) in [6.45, 7) is 0. The number of fused-ring (bicyclic) bond motifs is 6. The standard InChI is InChI=1S/C39H21F6N3/c40-38(41,42)25-17-23(18-26(21-25)39(43,44)45)24-19-36(47-32-13-5-1-9-27(32)28-10-2-6-14-33(28)47)31(22-46)37(20-24)48-34-15-7-3-11-29(34)30-12-4-8-16-35(30)48/h1-21H. The normalized spacial score (nSPS) is 12.4. The lowest BCUT2D eigenvalue weighted by atomic mass is 9.96. The lowest BCUT2D eigenvalue weighted by Gasteiger charge is -2.19. The number of halogens is 6. The van der Waals surface area contributed by atoms with Crippen LogP contribution in [0.1, 0.15) is 16.7 Å². The van der Waals surface area contributed by atoms with Gasteiger partial charge in [-0.1, -0.05) is 72.8 Å². The Morgan fingerprint density at radius 3 is 1.06 bits per heavy atom. The average molecular weight is 646 g/mol. The van der Waals surface area contributed by atoms with Crippen molar-refractivity contribution >= 4 is 43.6 Å². The van der Waals surface area contributed by atoms with E-state index in [-0.39, 0.29) is 22.8 Å². The van der Waals surface area contributed by atoms with Crippen molar-refractivity contribution in [2.24, 2.45) is 0 Å². The third kappa shape index (κ3) is 4.52. The molecule has 0 aliphatic rings. The predicted octanol–water partition coefficient (Wildman–Crippen LogP) is 11.5. The molecule has 0 saturated carbocycles. The number of benzene rings is 6. The van der Waals surface area contributed by atoms with Crippen molar-refractivity contribution in [1.29, 1.82) is 5.26 Å². The summed E-state index contributed by atoms with van der Waals surface area (Å²) in [5, 5.41) is 14.4. The fourth-order valence-corrected chi connectivity index (χ4v) is 6.73. The van der Waals surface area contributed by atoms with Crippen molar-refractivity contribution in [1.82, 2.24) is 9.13 Å². The van der Waals surface area contributed by atoms with Crippen LogP contribution >= 0.6 is 0 Å². The highest BCUT2D eigenvalue weighted by atomic mass is 19.4. The average Bonchev–Trinajstić information content (AvgIpc) is 3.60. The Balaban J connectivity index is 1.56. The van der Waals surface area contributed by atoms with E-state index in [1.54, 1.807) is 0 Å². The van der Waals surface area contributed by atoms with E-state index in [4.69, 9.17) is 0 Å². The van der Waals surface area contributed by atoms with Gasteiger partial charge in [-0.2, -0.15) is 31.6 Å². The summed E-state index contributed by atoms with van der Waals surface area (Å²) in [5.41, 5.74) is 0.666. The van der Waals surface area contributed by atoms with Crippen LogP contribution in [0.15, 0.2) is 127 Å². The minimum absolute atomic E-state index is 0.0827. The van der Waals surface area contributed by atoms with Gasteiger partial charge in [0.15, 0.2) is 0 Å². The molecule has 48 heavy (non-hydrogen) atoms. The zero-order valence-electron chi connectivity index (χ0n) is 24.7. The molecule has 8 rings (SSSR count). The molecule has 0 amide bonds. The van der Waals surface area contributed by atoms with Crippen molar-refractivity contribution < 1.29 is 26.3 Å². The zero-order valence-corrected chi connectivity index (χ0v) is 24.7. The predicted molar refractivity (Wildman–Crippen MR) is 175 cm³/mol. The van der Waals surface area contributed by atoms with Crippen LogP contribution in [-0.4, -0.2) is 9.13 Å². The second kappa shape index (κ2) is 10.5. The Bertz CT molecular complexity index is 2340. The van der Waals surface area contributed by atoms with Crippen LogP contribution in [0, 0.1) is 11.3 Å². The third-order valence-corrected chi connectivity index (χ3v) is 8.77. The van der Waals surface area contributed by atoms with E-state index in [2.05, 4.69) is 6.07 Å². The van der Waals surface area contributed by atoms with Gasteiger partial charge < -0.3 is 9.13 Å². The van der Waals surface area contributed by atoms with Gasteiger partial charge in [-0.25, -0.2) is 0 Å². The summed E-state index contributed by atoms with van der Waals surface area (Å²) < 4.78 is 88.0. The molecule has 0 radical (unpaired) electrons. The summed E-state index contributed by atoms with van der Waals surface area (Å²) >= 11 is 0. The summed E-state index contributed by atoms with van der Waals surface area (Å²) in [6, 6.07) is 37.0. The Kier molecular flexibility index (Phi) is 6.43. The smallest absolute Gasteiger partial charge is 0.308 e. The van der Waals surface area contributed by atoms with E-state index in [1.165, 1.54) is 12.1 Å². The molecule has 6 aromatic carbocycles. The number of hydrogen-bond donors (Lipinski definition) is 0. The van der Waals surface area contributed by atoms with Gasteiger partial charge in [0.2, 0.25) is 0 Å². The molecule has 0 saturated heterocycles. The van der Waals surface area contributed by atoms with E-state index in [0.717, 1.165) is 55.7 Å². The van der Waals surface area contributed by atoms with Gasteiger partial charge in [0.05, 0.1) is 44.6 Å². The maximum absolute atomic E-state index is 14.1. The van der Waals surface area contributed by atoms with Crippen LogP contribution in [0.4, 0.5) is 26.3 Å². The molecular formula is C39H21F6N3. The largest absolute Gasteiger partial charge is 0.416 e. The van der Waals surface area contributed by atoms with E-state index < -0.39 is 23.5 Å². The maximum atomic E-state index is 14.1. The fourth-order valence-electron chi connectivity index (χ4n) is 6.73. The molecule has 0 atom stereocenters. The Labute approximate surface area is 269 Å². The van der Waals surface area contributed by atoms with E-state index in [0.29, 0.717) is 11.4 Å². The van der Waals surface area contributed by atoms with Crippen molar-refractivity contribution in [2.75, 3.05) is 0 Å². The van der Waals surface area contributed by atoms with E-state index in [9.17, 15) is 31.6 Å². The second-order valence-electron chi connectivity index (χ2n) is 11.5. The lowest BCUT2D eigenvalue weighted by molar-refractivity contribution is -0.143. The van der Waals surface area contributed by atoms with Crippen molar-refractivity contribution in [3.8, 4) is 28.6 Å². The minimum atomic E-state index is -5.03. The van der Waals surface area contributed by atoms with E-state index in [1.807, 2.05) is 106 Å². The molecule has 2 heterocycles. The number of hydrogen-bond acceptors (Lipinski definition) is 1. The first kappa shape index (κ1) is 29.4. The SMILES string of the molecule is N#Cc1c(-n2c3ccccc3c3ccccc32)cc(-c2cc(C(F)(F)F)cc(C(F)(F)F)c2)cc1-n1c2ccccc2c2ccccc21. The van der Waals surface area contributed by atoms with Crippen molar-refractivity contribution in [3.05, 3.63) is 144 Å². The monoisotopic (exact) mass is 645 g/mol. The van der Waals surface area contributed by atoms with Crippen LogP contribution in [-0.2, 0) is 12.4 Å². The maximum Gasteiger partial charge on any atom is 0.416 e. The zero-order chi connectivity index (χ0) is 33.4. The molecule has 8 aromatic rings. The number of rotatable bonds is 3. The topological polar surface area (TPSA) is 33.6 Å². The highest BCUT2D eigenvalue weighted by Gasteiger charge is 2.37. The molecule has 3 nitrogen and oxygen atoms in total. The van der Waals surface area contributed by atoms with Gasteiger partial charge in [0.25, 0.3) is 0 Å². The third-order valence-electron chi connectivity index (χ3n) is 8.77. The molecule has 234 valence electrons. The van der Waals surface area contributed by atoms with Crippen LogP contribution in [0.25, 0.3) is 66.1 Å². The summed E-state index contributed by atoms with van der Waals surface area (Å²) in [5.74, 6) is 0. The molecule has 0 unspecified atom stereocenters. The first-order valence-corrected chi connectivity index (χ1v) is 14.9. The number of para-hydroxylation sites is 4. The molecule has 0 bridgehead atoms. The Morgan fingerprint density at radius 1 is 0.438 bits per heavy atom. The fraction of sp³-hybridized carbons (Fsp3) is 0.0513. The highest BCUT2D eigenvalue weighted by Crippen LogP contribution is 2.43. The van der Waals surface area contributed by atoms with Gasteiger partial charge in [0, 0.05) is 21.5 Å².